The predicted octanol–water partition coefficient (Wildman–Crippen LogP) is 0.914. The maximum absolute atomic E-state index is 5.50. The topological polar surface area (TPSA) is 74.2 Å². The average molecular weight is 199 g/mol. The minimum atomic E-state index is -0.124. The summed E-state index contributed by atoms with van der Waals surface area (Å²) in [7, 11) is 1.61. The third-order valence-corrected chi connectivity index (χ3v) is 2.13. The molecule has 1 aromatic rings. The lowest BCUT2D eigenvalue weighted by atomic mass is 10.1. The van der Waals surface area contributed by atoms with Crippen molar-refractivity contribution >= 4 is 0 Å². The third kappa shape index (κ3) is 2.78. The molecule has 0 spiro atoms. The standard InChI is InChI=1S/C9H17N3O2/c1-6(5-10)4-8-11-9(12-14-8)7(2)13-3/h6-7H,4-5,10H2,1-3H3. The van der Waals surface area contributed by atoms with E-state index in [0.29, 0.717) is 24.2 Å². The van der Waals surface area contributed by atoms with Gasteiger partial charge in [0.25, 0.3) is 0 Å². The molecule has 0 aliphatic rings. The number of ether oxygens (including phenoxy) is 1. The summed E-state index contributed by atoms with van der Waals surface area (Å²) in [6, 6.07) is 0. The van der Waals surface area contributed by atoms with Crippen molar-refractivity contribution in [3.63, 3.8) is 0 Å². The molecule has 0 amide bonds. The number of aromatic nitrogens is 2. The van der Waals surface area contributed by atoms with E-state index >= 15 is 0 Å². The van der Waals surface area contributed by atoms with Gasteiger partial charge < -0.3 is 15.0 Å². The van der Waals surface area contributed by atoms with E-state index in [-0.39, 0.29) is 6.10 Å². The highest BCUT2D eigenvalue weighted by molar-refractivity contribution is 4.90. The molecule has 0 radical (unpaired) electrons. The highest BCUT2D eigenvalue weighted by Crippen LogP contribution is 2.13. The Hall–Kier alpha value is -0.940. The minimum Gasteiger partial charge on any atom is -0.374 e. The van der Waals surface area contributed by atoms with Crippen molar-refractivity contribution < 1.29 is 9.26 Å². The van der Waals surface area contributed by atoms with Gasteiger partial charge in [0.1, 0.15) is 6.10 Å². The van der Waals surface area contributed by atoms with E-state index in [2.05, 4.69) is 10.1 Å². The SMILES string of the molecule is COC(C)c1noc(CC(C)CN)n1. The molecule has 2 atom stereocenters. The molecule has 0 fully saturated rings. The first-order valence-electron chi connectivity index (χ1n) is 4.72. The summed E-state index contributed by atoms with van der Waals surface area (Å²) in [6.45, 7) is 4.54. The van der Waals surface area contributed by atoms with Crippen molar-refractivity contribution in [2.24, 2.45) is 11.7 Å². The molecule has 14 heavy (non-hydrogen) atoms. The van der Waals surface area contributed by atoms with Crippen molar-refractivity contribution in [2.45, 2.75) is 26.4 Å². The van der Waals surface area contributed by atoms with Gasteiger partial charge in [0.15, 0.2) is 5.82 Å². The Balaban J connectivity index is 2.59. The Morgan fingerprint density at radius 3 is 2.79 bits per heavy atom. The van der Waals surface area contributed by atoms with Gasteiger partial charge in [-0.15, -0.1) is 0 Å². The fourth-order valence-corrected chi connectivity index (χ4v) is 1.00. The lowest BCUT2D eigenvalue weighted by Gasteiger charge is -2.03. The number of methoxy groups -OCH3 is 1. The molecular formula is C9H17N3O2. The smallest absolute Gasteiger partial charge is 0.227 e. The molecule has 0 aromatic carbocycles. The van der Waals surface area contributed by atoms with Crippen LogP contribution in [-0.2, 0) is 11.2 Å². The van der Waals surface area contributed by atoms with Crippen LogP contribution in [0, 0.1) is 5.92 Å². The summed E-state index contributed by atoms with van der Waals surface area (Å²) < 4.78 is 10.1. The van der Waals surface area contributed by atoms with Crippen LogP contribution in [0.1, 0.15) is 31.7 Å². The van der Waals surface area contributed by atoms with E-state index < -0.39 is 0 Å². The van der Waals surface area contributed by atoms with Crippen LogP contribution in [0.15, 0.2) is 4.52 Å². The summed E-state index contributed by atoms with van der Waals surface area (Å²) in [6.07, 6.45) is 0.598. The molecule has 2 N–H and O–H groups in total. The summed E-state index contributed by atoms with van der Waals surface area (Å²) in [5, 5.41) is 3.82. The van der Waals surface area contributed by atoms with E-state index in [1.165, 1.54) is 0 Å². The van der Waals surface area contributed by atoms with Crippen molar-refractivity contribution in [1.29, 1.82) is 0 Å². The van der Waals surface area contributed by atoms with Crippen LogP contribution >= 0.6 is 0 Å². The molecule has 0 aliphatic carbocycles. The Morgan fingerprint density at radius 2 is 2.21 bits per heavy atom. The van der Waals surface area contributed by atoms with Crippen LogP contribution in [-0.4, -0.2) is 23.8 Å². The maximum Gasteiger partial charge on any atom is 0.227 e. The second-order valence-corrected chi connectivity index (χ2v) is 3.47. The van der Waals surface area contributed by atoms with Gasteiger partial charge in [-0.2, -0.15) is 4.98 Å². The minimum absolute atomic E-state index is 0.124. The first kappa shape index (κ1) is 11.1. The van der Waals surface area contributed by atoms with E-state index in [9.17, 15) is 0 Å². The summed E-state index contributed by atoms with van der Waals surface area (Å²) in [5.74, 6) is 1.58. The van der Waals surface area contributed by atoms with E-state index in [0.717, 1.165) is 6.42 Å². The zero-order chi connectivity index (χ0) is 10.6. The molecule has 0 bridgehead atoms. The van der Waals surface area contributed by atoms with Gasteiger partial charge in [0.05, 0.1) is 0 Å². The summed E-state index contributed by atoms with van der Waals surface area (Å²) >= 11 is 0. The highest BCUT2D eigenvalue weighted by atomic mass is 16.5. The van der Waals surface area contributed by atoms with Crippen LogP contribution in [0.5, 0.6) is 0 Å². The average Bonchev–Trinajstić information content (AvgIpc) is 2.65. The maximum atomic E-state index is 5.50. The zero-order valence-electron chi connectivity index (χ0n) is 8.86. The van der Waals surface area contributed by atoms with Crippen molar-refractivity contribution in [2.75, 3.05) is 13.7 Å². The van der Waals surface area contributed by atoms with Crippen molar-refractivity contribution in [1.82, 2.24) is 10.1 Å². The number of hydrogen-bond acceptors (Lipinski definition) is 5. The van der Waals surface area contributed by atoms with Crippen LogP contribution in [0.25, 0.3) is 0 Å². The molecule has 0 saturated heterocycles. The van der Waals surface area contributed by atoms with E-state index in [1.807, 2.05) is 13.8 Å². The summed E-state index contributed by atoms with van der Waals surface area (Å²) in [4.78, 5) is 4.21. The number of hydrogen-bond donors (Lipinski definition) is 1. The fourth-order valence-electron chi connectivity index (χ4n) is 1.00. The first-order chi connectivity index (χ1) is 6.67. The molecule has 80 valence electrons. The van der Waals surface area contributed by atoms with Crippen molar-refractivity contribution in [3.05, 3.63) is 11.7 Å². The van der Waals surface area contributed by atoms with Crippen LogP contribution < -0.4 is 5.73 Å². The molecule has 2 unspecified atom stereocenters. The third-order valence-electron chi connectivity index (χ3n) is 2.13. The largest absolute Gasteiger partial charge is 0.374 e. The van der Waals surface area contributed by atoms with E-state index in [1.54, 1.807) is 7.11 Å². The van der Waals surface area contributed by atoms with Gasteiger partial charge >= 0.3 is 0 Å². The zero-order valence-corrected chi connectivity index (χ0v) is 8.86. The van der Waals surface area contributed by atoms with Gasteiger partial charge in [-0.3, -0.25) is 0 Å². The second-order valence-electron chi connectivity index (χ2n) is 3.47. The van der Waals surface area contributed by atoms with Crippen LogP contribution in [0.4, 0.5) is 0 Å². The molecule has 5 nitrogen and oxygen atoms in total. The molecule has 0 saturated carbocycles. The van der Waals surface area contributed by atoms with Gasteiger partial charge in [-0.05, 0) is 19.4 Å². The molecule has 1 aromatic heterocycles. The lowest BCUT2D eigenvalue weighted by molar-refractivity contribution is 0.109. The van der Waals surface area contributed by atoms with E-state index in [4.69, 9.17) is 15.0 Å². The molecule has 1 heterocycles. The molecule has 1 rings (SSSR count). The Bertz CT molecular complexity index is 275. The fraction of sp³-hybridized carbons (Fsp3) is 0.778. The second kappa shape index (κ2) is 5.07. The Labute approximate surface area is 83.6 Å². The number of rotatable bonds is 5. The van der Waals surface area contributed by atoms with Crippen LogP contribution in [0.3, 0.4) is 0 Å². The molecule has 5 heteroatoms. The predicted molar refractivity (Wildman–Crippen MR) is 51.6 cm³/mol. The Morgan fingerprint density at radius 1 is 1.50 bits per heavy atom. The highest BCUT2D eigenvalue weighted by Gasteiger charge is 2.14. The number of nitrogens with two attached hydrogens (primary N) is 1. The van der Waals surface area contributed by atoms with Gasteiger partial charge in [0.2, 0.25) is 5.89 Å². The first-order valence-corrected chi connectivity index (χ1v) is 4.72. The Kier molecular flexibility index (Phi) is 4.03. The van der Waals surface area contributed by atoms with Crippen molar-refractivity contribution in [3.8, 4) is 0 Å². The number of nitrogens with zero attached hydrogens (tertiary/aromatic N) is 2. The van der Waals surface area contributed by atoms with Gasteiger partial charge in [-0.25, -0.2) is 0 Å². The van der Waals surface area contributed by atoms with Gasteiger partial charge in [-0.1, -0.05) is 12.1 Å². The monoisotopic (exact) mass is 199 g/mol. The van der Waals surface area contributed by atoms with Crippen LogP contribution in [0.2, 0.25) is 0 Å². The molecule has 0 aliphatic heterocycles. The summed E-state index contributed by atoms with van der Waals surface area (Å²) in [5.41, 5.74) is 5.50. The normalized spacial score (nSPS) is 15.4. The lowest BCUT2D eigenvalue weighted by Crippen LogP contribution is -2.13. The molecular weight excluding hydrogens is 182 g/mol. The van der Waals surface area contributed by atoms with Gasteiger partial charge in [0, 0.05) is 13.5 Å². The quantitative estimate of drug-likeness (QED) is 0.763.